The fraction of sp³-hybridized carbons (Fsp3) is 0.0714. The maximum atomic E-state index is 11.2. The van der Waals surface area contributed by atoms with Crippen LogP contribution >= 0.6 is 15.9 Å². The first-order valence-electron chi connectivity index (χ1n) is 5.84. The van der Waals surface area contributed by atoms with Gasteiger partial charge in [-0.1, -0.05) is 27.6 Å². The van der Waals surface area contributed by atoms with E-state index >= 15 is 0 Å². The highest BCUT2D eigenvalue weighted by Crippen LogP contribution is 2.35. The van der Waals surface area contributed by atoms with Crippen molar-refractivity contribution >= 4 is 27.6 Å². The number of ether oxygens (including phenoxy) is 1. The number of carbonyl (C=O) groups is 1. The largest absolute Gasteiger partial charge is 0.478 e. The zero-order chi connectivity index (χ0) is 15.6. The van der Waals surface area contributed by atoms with Gasteiger partial charge < -0.3 is 9.84 Å². The molecule has 1 N–H and O–H groups in total. The number of nitro groups is 1. The summed E-state index contributed by atoms with van der Waals surface area (Å²) in [5.74, 6) is -1.14. The van der Waals surface area contributed by atoms with Crippen LogP contribution in [0.15, 0.2) is 40.9 Å². The number of hydrogen-bond acceptors (Lipinski definition) is 4. The van der Waals surface area contributed by atoms with Crippen molar-refractivity contribution in [2.75, 3.05) is 0 Å². The van der Waals surface area contributed by atoms with Crippen molar-refractivity contribution in [3.8, 4) is 11.5 Å². The lowest BCUT2D eigenvalue weighted by atomic mass is 10.1. The van der Waals surface area contributed by atoms with Crippen molar-refractivity contribution in [2.45, 2.75) is 6.92 Å². The molecule has 7 heteroatoms. The van der Waals surface area contributed by atoms with Crippen LogP contribution in [0.25, 0.3) is 0 Å². The van der Waals surface area contributed by atoms with Gasteiger partial charge in [-0.15, -0.1) is 0 Å². The number of nitro benzene ring substituents is 1. The molecule has 2 aromatic rings. The zero-order valence-electron chi connectivity index (χ0n) is 10.9. The van der Waals surface area contributed by atoms with Crippen molar-refractivity contribution in [2.24, 2.45) is 0 Å². The van der Waals surface area contributed by atoms with Gasteiger partial charge in [0, 0.05) is 16.6 Å². The summed E-state index contributed by atoms with van der Waals surface area (Å²) >= 11 is 3.20. The maximum absolute atomic E-state index is 11.2. The summed E-state index contributed by atoms with van der Waals surface area (Å²) in [6.45, 7) is 1.75. The molecule has 0 heterocycles. The van der Waals surface area contributed by atoms with Crippen molar-refractivity contribution in [1.29, 1.82) is 0 Å². The molecule has 108 valence electrons. The molecule has 0 fully saturated rings. The lowest BCUT2D eigenvalue weighted by Crippen LogP contribution is -2.01. The summed E-state index contributed by atoms with van der Waals surface area (Å²) in [5, 5.41) is 20.2. The molecule has 0 unspecified atom stereocenters. The van der Waals surface area contributed by atoms with Gasteiger partial charge in [0.05, 0.1) is 4.92 Å². The van der Waals surface area contributed by atoms with E-state index in [0.29, 0.717) is 4.47 Å². The molecular formula is C14H10BrNO5. The van der Waals surface area contributed by atoms with Gasteiger partial charge in [0.1, 0.15) is 11.3 Å². The molecule has 2 rings (SSSR count). The van der Waals surface area contributed by atoms with Crippen LogP contribution in [0.4, 0.5) is 5.69 Å². The molecular weight excluding hydrogens is 342 g/mol. The van der Waals surface area contributed by atoms with Crippen LogP contribution in [-0.4, -0.2) is 16.0 Å². The number of carboxylic acids is 1. The van der Waals surface area contributed by atoms with E-state index in [9.17, 15) is 20.0 Å². The number of rotatable bonds is 4. The first-order valence-corrected chi connectivity index (χ1v) is 6.63. The predicted octanol–water partition coefficient (Wildman–Crippen LogP) is 4.16. The average Bonchev–Trinajstić information content (AvgIpc) is 2.40. The Morgan fingerprint density at radius 2 is 1.95 bits per heavy atom. The highest BCUT2D eigenvalue weighted by molar-refractivity contribution is 9.10. The number of hydrogen-bond donors (Lipinski definition) is 1. The quantitative estimate of drug-likeness (QED) is 0.659. The van der Waals surface area contributed by atoms with Crippen molar-refractivity contribution in [3.05, 3.63) is 62.1 Å². The second-order valence-corrected chi connectivity index (χ2v) is 5.19. The third kappa shape index (κ3) is 3.38. The normalized spacial score (nSPS) is 10.2. The molecule has 0 aromatic heterocycles. The van der Waals surface area contributed by atoms with Gasteiger partial charge in [-0.05, 0) is 25.1 Å². The summed E-state index contributed by atoms with van der Waals surface area (Å²) < 4.78 is 6.04. The van der Waals surface area contributed by atoms with E-state index in [1.807, 2.05) is 0 Å². The first-order chi connectivity index (χ1) is 9.88. The highest BCUT2D eigenvalue weighted by Gasteiger charge is 2.19. The van der Waals surface area contributed by atoms with E-state index in [1.54, 1.807) is 13.0 Å². The van der Waals surface area contributed by atoms with Gasteiger partial charge >= 0.3 is 11.7 Å². The fourth-order valence-electron chi connectivity index (χ4n) is 1.74. The standard InChI is InChI=1S/C14H10BrNO5/c1-8-2-5-12(10(6-8)14(17)18)21-13-7-9(15)3-4-11(13)16(19)20/h2-7H,1H3,(H,17,18). The smallest absolute Gasteiger partial charge is 0.339 e. The van der Waals surface area contributed by atoms with E-state index in [-0.39, 0.29) is 22.7 Å². The number of halogens is 1. The van der Waals surface area contributed by atoms with Gasteiger partial charge in [0.15, 0.2) is 0 Å². The third-order valence-electron chi connectivity index (χ3n) is 2.70. The second-order valence-electron chi connectivity index (χ2n) is 4.28. The third-order valence-corrected chi connectivity index (χ3v) is 3.20. The van der Waals surface area contributed by atoms with Crippen LogP contribution in [0.5, 0.6) is 11.5 Å². The van der Waals surface area contributed by atoms with Crippen LogP contribution in [0.3, 0.4) is 0 Å². The van der Waals surface area contributed by atoms with E-state index < -0.39 is 10.9 Å². The number of aromatic carboxylic acids is 1. The lowest BCUT2D eigenvalue weighted by molar-refractivity contribution is -0.385. The highest BCUT2D eigenvalue weighted by atomic mass is 79.9. The van der Waals surface area contributed by atoms with E-state index in [2.05, 4.69) is 15.9 Å². The molecule has 0 bridgehead atoms. The number of benzene rings is 2. The SMILES string of the molecule is Cc1ccc(Oc2cc(Br)ccc2[N+](=O)[O-])c(C(=O)O)c1. The van der Waals surface area contributed by atoms with Gasteiger partial charge in [0.25, 0.3) is 0 Å². The summed E-state index contributed by atoms with van der Waals surface area (Å²) in [4.78, 5) is 21.6. The molecule has 21 heavy (non-hydrogen) atoms. The monoisotopic (exact) mass is 351 g/mol. The van der Waals surface area contributed by atoms with Crippen LogP contribution in [-0.2, 0) is 0 Å². The topological polar surface area (TPSA) is 89.7 Å². The molecule has 2 aromatic carbocycles. The Labute approximate surface area is 128 Å². The van der Waals surface area contributed by atoms with Crippen molar-refractivity contribution in [1.82, 2.24) is 0 Å². The second kappa shape index (κ2) is 5.92. The van der Waals surface area contributed by atoms with Crippen LogP contribution in [0.2, 0.25) is 0 Å². The Morgan fingerprint density at radius 3 is 2.57 bits per heavy atom. The molecule has 0 atom stereocenters. The van der Waals surface area contributed by atoms with Crippen LogP contribution in [0, 0.1) is 17.0 Å². The van der Waals surface area contributed by atoms with E-state index in [4.69, 9.17) is 4.74 Å². The maximum Gasteiger partial charge on any atom is 0.339 e. The van der Waals surface area contributed by atoms with Gasteiger partial charge in [0.2, 0.25) is 5.75 Å². The minimum Gasteiger partial charge on any atom is -0.478 e. The Morgan fingerprint density at radius 1 is 1.24 bits per heavy atom. The molecule has 6 nitrogen and oxygen atoms in total. The fourth-order valence-corrected chi connectivity index (χ4v) is 2.08. The van der Waals surface area contributed by atoms with E-state index in [1.165, 1.54) is 30.3 Å². The summed E-state index contributed by atoms with van der Waals surface area (Å²) in [6.07, 6.45) is 0. The van der Waals surface area contributed by atoms with E-state index in [0.717, 1.165) is 5.56 Å². The average molecular weight is 352 g/mol. The summed E-state index contributed by atoms with van der Waals surface area (Å²) in [7, 11) is 0. The molecule has 0 aliphatic heterocycles. The molecule has 0 aliphatic rings. The Kier molecular flexibility index (Phi) is 4.23. The van der Waals surface area contributed by atoms with Gasteiger partial charge in [-0.3, -0.25) is 10.1 Å². The predicted molar refractivity (Wildman–Crippen MR) is 79.0 cm³/mol. The number of carboxylic acid groups (broad SMARTS) is 1. The Balaban J connectivity index is 2.50. The molecule has 0 saturated heterocycles. The number of aryl methyl sites for hydroxylation is 1. The Hall–Kier alpha value is -2.41. The van der Waals surface area contributed by atoms with Crippen molar-refractivity contribution in [3.63, 3.8) is 0 Å². The Bertz CT molecular complexity index is 729. The van der Waals surface area contributed by atoms with Gasteiger partial charge in [-0.2, -0.15) is 0 Å². The van der Waals surface area contributed by atoms with Crippen molar-refractivity contribution < 1.29 is 19.6 Å². The minimum absolute atomic E-state index is 0.0271. The molecule has 0 aliphatic carbocycles. The lowest BCUT2D eigenvalue weighted by Gasteiger charge is -2.10. The molecule has 0 spiro atoms. The van der Waals surface area contributed by atoms with Crippen LogP contribution < -0.4 is 4.74 Å². The molecule has 0 radical (unpaired) electrons. The van der Waals surface area contributed by atoms with Gasteiger partial charge in [-0.25, -0.2) is 4.79 Å². The van der Waals surface area contributed by atoms with Crippen LogP contribution in [0.1, 0.15) is 15.9 Å². The first kappa shape index (κ1) is 15.0. The zero-order valence-corrected chi connectivity index (χ0v) is 12.5. The summed E-state index contributed by atoms with van der Waals surface area (Å²) in [5.41, 5.74) is 0.461. The molecule has 0 amide bonds. The molecule has 0 saturated carbocycles. The summed E-state index contributed by atoms with van der Waals surface area (Å²) in [6, 6.07) is 8.81. The minimum atomic E-state index is -1.16. The number of nitrogens with zero attached hydrogens (tertiary/aromatic N) is 1.